The molecule has 3 nitrogen and oxygen atoms in total. The van der Waals surface area contributed by atoms with Gasteiger partial charge in [-0.3, -0.25) is 4.90 Å². The molecule has 1 unspecified atom stereocenters. The van der Waals surface area contributed by atoms with Crippen LogP contribution in [0.2, 0.25) is 0 Å². The predicted octanol–water partition coefficient (Wildman–Crippen LogP) is 2.91. The Morgan fingerprint density at radius 2 is 1.75 bits per heavy atom. The molecule has 1 fully saturated rings. The van der Waals surface area contributed by atoms with Gasteiger partial charge in [0.05, 0.1) is 12.5 Å². The minimum absolute atomic E-state index is 0.252. The predicted molar refractivity (Wildman–Crippen MR) is 82.3 cm³/mol. The summed E-state index contributed by atoms with van der Waals surface area (Å²) in [5.74, 6) is 0.727. The van der Waals surface area contributed by atoms with Crippen molar-refractivity contribution in [1.82, 2.24) is 9.80 Å². The zero-order chi connectivity index (χ0) is 14.4. The summed E-state index contributed by atoms with van der Waals surface area (Å²) in [5, 5.41) is 9.11. The van der Waals surface area contributed by atoms with E-state index in [-0.39, 0.29) is 6.04 Å². The fourth-order valence-corrected chi connectivity index (χ4v) is 2.99. The standard InChI is InChI=1S/C17H25N3/c1-15(2)14-19-10-12-20(13-11-19)17(8-9-18)16-6-4-3-5-7-16/h3-7,15,17H,8,10-14H2,1-2H3. The van der Waals surface area contributed by atoms with Crippen LogP contribution in [0.3, 0.4) is 0 Å². The highest BCUT2D eigenvalue weighted by Gasteiger charge is 2.24. The highest BCUT2D eigenvalue weighted by atomic mass is 15.3. The lowest BCUT2D eigenvalue weighted by molar-refractivity contribution is 0.0899. The summed E-state index contributed by atoms with van der Waals surface area (Å²) in [6, 6.07) is 13.1. The maximum Gasteiger partial charge on any atom is 0.0641 e. The third-order valence-electron chi connectivity index (χ3n) is 3.94. The molecule has 1 aliphatic heterocycles. The first-order valence-corrected chi connectivity index (χ1v) is 7.59. The van der Waals surface area contributed by atoms with Gasteiger partial charge in [-0.1, -0.05) is 44.2 Å². The van der Waals surface area contributed by atoms with Crippen molar-refractivity contribution in [3.63, 3.8) is 0 Å². The third-order valence-corrected chi connectivity index (χ3v) is 3.94. The second-order valence-corrected chi connectivity index (χ2v) is 6.02. The van der Waals surface area contributed by atoms with E-state index in [0.29, 0.717) is 6.42 Å². The SMILES string of the molecule is CC(C)CN1CCN(C(CC#N)c2ccccc2)CC1. The van der Waals surface area contributed by atoms with E-state index >= 15 is 0 Å². The average molecular weight is 271 g/mol. The van der Waals surface area contributed by atoms with Crippen molar-refractivity contribution in [1.29, 1.82) is 5.26 Å². The van der Waals surface area contributed by atoms with Crippen LogP contribution in [0.25, 0.3) is 0 Å². The van der Waals surface area contributed by atoms with Crippen LogP contribution in [-0.2, 0) is 0 Å². The number of nitriles is 1. The molecule has 108 valence electrons. The molecule has 0 radical (unpaired) electrons. The van der Waals surface area contributed by atoms with Crippen molar-refractivity contribution in [2.75, 3.05) is 32.7 Å². The van der Waals surface area contributed by atoms with Crippen LogP contribution in [0, 0.1) is 17.2 Å². The second-order valence-electron chi connectivity index (χ2n) is 6.02. The Balaban J connectivity index is 1.97. The lowest BCUT2D eigenvalue weighted by Gasteiger charge is -2.39. The van der Waals surface area contributed by atoms with E-state index in [2.05, 4.69) is 54.0 Å². The van der Waals surface area contributed by atoms with Gasteiger partial charge in [0.25, 0.3) is 0 Å². The molecule has 3 heteroatoms. The fraction of sp³-hybridized carbons (Fsp3) is 0.588. The van der Waals surface area contributed by atoms with Gasteiger partial charge in [0.15, 0.2) is 0 Å². The van der Waals surface area contributed by atoms with Crippen LogP contribution in [0.15, 0.2) is 30.3 Å². The minimum Gasteiger partial charge on any atom is -0.301 e. The molecule has 0 aliphatic carbocycles. The van der Waals surface area contributed by atoms with E-state index in [0.717, 1.165) is 32.1 Å². The molecule has 0 spiro atoms. The van der Waals surface area contributed by atoms with Crippen molar-refractivity contribution < 1.29 is 0 Å². The Labute approximate surface area is 122 Å². The molecule has 20 heavy (non-hydrogen) atoms. The molecule has 1 aromatic carbocycles. The Kier molecular flexibility index (Phi) is 5.58. The van der Waals surface area contributed by atoms with Gasteiger partial charge in [-0.2, -0.15) is 5.26 Å². The molecule has 0 saturated carbocycles. The first-order valence-electron chi connectivity index (χ1n) is 7.59. The molecular formula is C17H25N3. The maximum absolute atomic E-state index is 9.11. The van der Waals surface area contributed by atoms with Crippen molar-refractivity contribution in [3.05, 3.63) is 35.9 Å². The van der Waals surface area contributed by atoms with Gasteiger partial charge in [-0.15, -0.1) is 0 Å². The minimum atomic E-state index is 0.252. The Morgan fingerprint density at radius 1 is 1.10 bits per heavy atom. The van der Waals surface area contributed by atoms with E-state index in [9.17, 15) is 0 Å². The normalized spacial score (nSPS) is 18.9. The van der Waals surface area contributed by atoms with Crippen LogP contribution < -0.4 is 0 Å². The zero-order valence-electron chi connectivity index (χ0n) is 12.6. The lowest BCUT2D eigenvalue weighted by atomic mass is 10.0. The van der Waals surface area contributed by atoms with E-state index in [4.69, 9.17) is 5.26 Å². The van der Waals surface area contributed by atoms with Crippen LogP contribution >= 0.6 is 0 Å². The number of piperazine rings is 1. The number of rotatable bonds is 5. The average Bonchev–Trinajstić information content (AvgIpc) is 2.46. The molecule has 1 aromatic rings. The van der Waals surface area contributed by atoms with E-state index in [1.807, 2.05) is 6.07 Å². The Hall–Kier alpha value is -1.37. The number of benzene rings is 1. The molecule has 0 N–H and O–H groups in total. The van der Waals surface area contributed by atoms with Crippen molar-refractivity contribution in [2.24, 2.45) is 5.92 Å². The lowest BCUT2D eigenvalue weighted by Crippen LogP contribution is -2.48. The van der Waals surface area contributed by atoms with Crippen molar-refractivity contribution in [3.8, 4) is 6.07 Å². The third kappa shape index (κ3) is 4.06. The summed E-state index contributed by atoms with van der Waals surface area (Å²) in [6.45, 7) is 10.1. The number of nitrogens with zero attached hydrogens (tertiary/aromatic N) is 3. The zero-order valence-corrected chi connectivity index (χ0v) is 12.6. The van der Waals surface area contributed by atoms with E-state index in [1.54, 1.807) is 0 Å². The molecule has 0 bridgehead atoms. The topological polar surface area (TPSA) is 30.3 Å². The highest BCUT2D eigenvalue weighted by Crippen LogP contribution is 2.25. The summed E-state index contributed by atoms with van der Waals surface area (Å²) in [7, 11) is 0. The van der Waals surface area contributed by atoms with Gasteiger partial charge >= 0.3 is 0 Å². The quantitative estimate of drug-likeness (QED) is 0.825. The van der Waals surface area contributed by atoms with E-state index in [1.165, 1.54) is 12.1 Å². The molecule has 1 heterocycles. The van der Waals surface area contributed by atoms with Crippen molar-refractivity contribution >= 4 is 0 Å². The fourth-order valence-electron chi connectivity index (χ4n) is 2.99. The molecule has 1 aliphatic rings. The summed E-state index contributed by atoms with van der Waals surface area (Å²) >= 11 is 0. The number of hydrogen-bond acceptors (Lipinski definition) is 3. The van der Waals surface area contributed by atoms with Gasteiger partial charge in [0.2, 0.25) is 0 Å². The monoisotopic (exact) mass is 271 g/mol. The Bertz CT molecular complexity index is 427. The summed E-state index contributed by atoms with van der Waals surface area (Å²) in [4.78, 5) is 5.00. The van der Waals surface area contributed by atoms with Crippen LogP contribution in [-0.4, -0.2) is 42.5 Å². The number of hydrogen-bond donors (Lipinski definition) is 0. The van der Waals surface area contributed by atoms with E-state index < -0.39 is 0 Å². The first kappa shape index (κ1) is 15.0. The summed E-state index contributed by atoms with van der Waals surface area (Å²) in [6.07, 6.45) is 0.578. The van der Waals surface area contributed by atoms with Gasteiger partial charge in [-0.25, -0.2) is 0 Å². The molecule has 1 atom stereocenters. The second kappa shape index (κ2) is 7.42. The maximum atomic E-state index is 9.11. The summed E-state index contributed by atoms with van der Waals surface area (Å²) < 4.78 is 0. The van der Waals surface area contributed by atoms with Crippen LogP contribution in [0.1, 0.15) is 31.9 Å². The van der Waals surface area contributed by atoms with Crippen LogP contribution in [0.4, 0.5) is 0 Å². The van der Waals surface area contributed by atoms with Crippen molar-refractivity contribution in [2.45, 2.75) is 26.3 Å². The van der Waals surface area contributed by atoms with Crippen LogP contribution in [0.5, 0.6) is 0 Å². The Morgan fingerprint density at radius 3 is 2.30 bits per heavy atom. The van der Waals surface area contributed by atoms with Gasteiger partial charge in [0.1, 0.15) is 0 Å². The summed E-state index contributed by atoms with van der Waals surface area (Å²) in [5.41, 5.74) is 1.27. The molecular weight excluding hydrogens is 246 g/mol. The van der Waals surface area contributed by atoms with Gasteiger partial charge in [0, 0.05) is 38.8 Å². The molecule has 0 amide bonds. The first-order chi connectivity index (χ1) is 9.70. The molecule has 0 aromatic heterocycles. The molecule has 2 rings (SSSR count). The van der Waals surface area contributed by atoms with Gasteiger partial charge in [-0.05, 0) is 11.5 Å². The largest absolute Gasteiger partial charge is 0.301 e. The van der Waals surface area contributed by atoms with Gasteiger partial charge < -0.3 is 4.90 Å². The molecule has 1 saturated heterocycles. The highest BCUT2D eigenvalue weighted by molar-refractivity contribution is 5.20. The smallest absolute Gasteiger partial charge is 0.0641 e.